The predicted octanol–water partition coefficient (Wildman–Crippen LogP) is 2.79. The Hall–Kier alpha value is -2.46. The molecule has 180 valence electrons. The van der Waals surface area contributed by atoms with E-state index in [4.69, 9.17) is 9.47 Å². The van der Waals surface area contributed by atoms with Crippen LogP contribution in [0.1, 0.15) is 23.6 Å². The number of methoxy groups -OCH3 is 1. The number of nitrogens with zero attached hydrogens (tertiary/aromatic N) is 2. The zero-order valence-corrected chi connectivity index (χ0v) is 20.7. The van der Waals surface area contributed by atoms with E-state index in [1.54, 1.807) is 25.3 Å². The van der Waals surface area contributed by atoms with E-state index in [0.717, 1.165) is 22.4 Å². The van der Waals surface area contributed by atoms with Gasteiger partial charge in [0.25, 0.3) is 0 Å². The third kappa shape index (κ3) is 5.92. The number of rotatable bonds is 8. The second-order valence-corrected chi connectivity index (χ2v) is 10.3. The Balaban J connectivity index is 1.68. The summed E-state index contributed by atoms with van der Waals surface area (Å²) in [6, 6.07) is 10.1. The molecule has 2 aromatic rings. The van der Waals surface area contributed by atoms with Crippen molar-refractivity contribution < 1.29 is 22.7 Å². The largest absolute Gasteiger partial charge is 0.496 e. The van der Waals surface area contributed by atoms with Gasteiger partial charge in [-0.2, -0.15) is 4.31 Å². The standard InChI is InChI=1S/C24H33N3O5S/c1-17-13-20(14-18(2)23(17)31-5)16-26(4)19(3)24(28)25-21-7-6-8-22(15-21)33(29,30)27-9-11-32-12-10-27/h6-8,13-15,19H,9-12,16H2,1-5H3,(H,25,28). The number of carbonyl (C=O) groups is 1. The van der Waals surface area contributed by atoms with Gasteiger partial charge in [0, 0.05) is 25.3 Å². The fourth-order valence-electron chi connectivity index (χ4n) is 4.00. The molecule has 1 unspecified atom stereocenters. The summed E-state index contributed by atoms with van der Waals surface area (Å²) in [6.07, 6.45) is 0. The Bertz CT molecular complexity index is 1070. The number of likely N-dealkylation sites (N-methyl/N-ethyl adjacent to an activating group) is 1. The van der Waals surface area contributed by atoms with Gasteiger partial charge >= 0.3 is 0 Å². The number of carbonyl (C=O) groups excluding carboxylic acids is 1. The van der Waals surface area contributed by atoms with Crippen molar-refractivity contribution in [2.75, 3.05) is 45.8 Å². The smallest absolute Gasteiger partial charge is 0.243 e. The Morgan fingerprint density at radius 2 is 1.82 bits per heavy atom. The van der Waals surface area contributed by atoms with Crippen LogP contribution < -0.4 is 10.1 Å². The van der Waals surface area contributed by atoms with E-state index in [0.29, 0.717) is 38.5 Å². The molecule has 9 heteroatoms. The van der Waals surface area contributed by atoms with Crippen molar-refractivity contribution in [3.8, 4) is 5.75 Å². The summed E-state index contributed by atoms with van der Waals surface area (Å²) < 4.78 is 37.9. The van der Waals surface area contributed by atoms with Crippen molar-refractivity contribution in [1.82, 2.24) is 9.21 Å². The molecule has 3 rings (SSSR count). The van der Waals surface area contributed by atoms with E-state index in [1.165, 1.54) is 10.4 Å². The molecule has 0 aliphatic carbocycles. The lowest BCUT2D eigenvalue weighted by Crippen LogP contribution is -2.40. The van der Waals surface area contributed by atoms with E-state index in [9.17, 15) is 13.2 Å². The second kappa shape index (κ2) is 10.6. The fraction of sp³-hybridized carbons (Fsp3) is 0.458. The number of benzene rings is 2. The van der Waals surface area contributed by atoms with Crippen LogP contribution >= 0.6 is 0 Å². The molecule has 1 fully saturated rings. The first-order chi connectivity index (χ1) is 15.6. The number of hydrogen-bond acceptors (Lipinski definition) is 6. The first kappa shape index (κ1) is 25.2. The average Bonchev–Trinajstić information content (AvgIpc) is 2.79. The van der Waals surface area contributed by atoms with Gasteiger partial charge in [-0.25, -0.2) is 8.42 Å². The Kier molecular flexibility index (Phi) is 8.12. The highest BCUT2D eigenvalue weighted by atomic mass is 32.2. The minimum atomic E-state index is -3.63. The van der Waals surface area contributed by atoms with Crippen LogP contribution in [0.15, 0.2) is 41.3 Å². The molecule has 1 N–H and O–H groups in total. The molecular formula is C24H33N3O5S. The van der Waals surface area contributed by atoms with Gasteiger partial charge in [-0.3, -0.25) is 9.69 Å². The van der Waals surface area contributed by atoms with Crippen LogP contribution in [0.2, 0.25) is 0 Å². The summed E-state index contributed by atoms with van der Waals surface area (Å²) in [6.45, 7) is 7.83. The molecule has 0 saturated carbocycles. The zero-order valence-electron chi connectivity index (χ0n) is 19.9. The van der Waals surface area contributed by atoms with E-state index in [2.05, 4.69) is 17.4 Å². The lowest BCUT2D eigenvalue weighted by atomic mass is 10.0. The summed E-state index contributed by atoms with van der Waals surface area (Å²) in [4.78, 5) is 15.0. The molecule has 1 heterocycles. The van der Waals surface area contributed by atoms with Crippen LogP contribution in [0.25, 0.3) is 0 Å². The van der Waals surface area contributed by atoms with Gasteiger partial charge in [0.1, 0.15) is 5.75 Å². The maximum absolute atomic E-state index is 12.9. The van der Waals surface area contributed by atoms with Crippen LogP contribution in [0.4, 0.5) is 5.69 Å². The third-order valence-electron chi connectivity index (χ3n) is 5.91. The quantitative estimate of drug-likeness (QED) is 0.632. The molecule has 0 bridgehead atoms. The summed E-state index contributed by atoms with van der Waals surface area (Å²) in [5.74, 6) is 0.666. The van der Waals surface area contributed by atoms with E-state index in [1.807, 2.05) is 32.7 Å². The number of hydrogen-bond donors (Lipinski definition) is 1. The Morgan fingerprint density at radius 3 is 2.42 bits per heavy atom. The number of sulfonamides is 1. The van der Waals surface area contributed by atoms with Crippen LogP contribution in [-0.2, 0) is 26.1 Å². The van der Waals surface area contributed by atoms with Crippen molar-refractivity contribution in [2.24, 2.45) is 0 Å². The van der Waals surface area contributed by atoms with Crippen molar-refractivity contribution in [1.29, 1.82) is 0 Å². The van der Waals surface area contributed by atoms with Crippen LogP contribution in [0.5, 0.6) is 5.75 Å². The van der Waals surface area contributed by atoms with Gasteiger partial charge in [0.2, 0.25) is 15.9 Å². The van der Waals surface area contributed by atoms with Crippen LogP contribution in [0, 0.1) is 13.8 Å². The zero-order chi connectivity index (χ0) is 24.2. The van der Waals surface area contributed by atoms with Gasteiger partial charge in [-0.15, -0.1) is 0 Å². The molecule has 8 nitrogen and oxygen atoms in total. The first-order valence-corrected chi connectivity index (χ1v) is 12.4. The highest BCUT2D eigenvalue weighted by Gasteiger charge is 2.27. The van der Waals surface area contributed by atoms with Gasteiger partial charge in [0.15, 0.2) is 0 Å². The average molecular weight is 476 g/mol. The number of aryl methyl sites for hydroxylation is 2. The van der Waals surface area contributed by atoms with Gasteiger partial charge in [-0.1, -0.05) is 18.2 Å². The molecule has 33 heavy (non-hydrogen) atoms. The molecule has 1 amide bonds. The maximum Gasteiger partial charge on any atom is 0.243 e. The van der Waals surface area contributed by atoms with Gasteiger partial charge < -0.3 is 14.8 Å². The van der Waals surface area contributed by atoms with Crippen LogP contribution in [-0.4, -0.2) is 70.0 Å². The summed E-state index contributed by atoms with van der Waals surface area (Å²) in [7, 11) is -0.0814. The fourth-order valence-corrected chi connectivity index (χ4v) is 5.45. The van der Waals surface area contributed by atoms with Crippen molar-refractivity contribution in [2.45, 2.75) is 38.3 Å². The molecule has 1 aliphatic heterocycles. The minimum Gasteiger partial charge on any atom is -0.496 e. The van der Waals surface area contributed by atoms with Crippen LogP contribution in [0.3, 0.4) is 0 Å². The third-order valence-corrected chi connectivity index (χ3v) is 7.80. The lowest BCUT2D eigenvalue weighted by Gasteiger charge is -2.26. The maximum atomic E-state index is 12.9. The molecule has 1 atom stereocenters. The molecule has 0 radical (unpaired) electrons. The molecule has 0 spiro atoms. The van der Waals surface area contributed by atoms with E-state index >= 15 is 0 Å². The van der Waals surface area contributed by atoms with E-state index in [-0.39, 0.29) is 10.8 Å². The molecular weight excluding hydrogens is 442 g/mol. The lowest BCUT2D eigenvalue weighted by molar-refractivity contribution is -0.120. The Labute approximate surface area is 196 Å². The number of morpholine rings is 1. The normalized spacial score (nSPS) is 15.9. The van der Waals surface area contributed by atoms with Gasteiger partial charge in [0.05, 0.1) is 31.3 Å². The molecule has 2 aromatic carbocycles. The molecule has 1 saturated heterocycles. The SMILES string of the molecule is COc1c(C)cc(CN(C)C(C)C(=O)Nc2cccc(S(=O)(=O)N3CCOCC3)c2)cc1C. The number of nitrogens with one attached hydrogen (secondary N) is 1. The van der Waals surface area contributed by atoms with Crippen molar-refractivity contribution >= 4 is 21.6 Å². The number of anilines is 1. The summed E-state index contributed by atoms with van der Waals surface area (Å²) in [5.41, 5.74) is 3.64. The highest BCUT2D eigenvalue weighted by molar-refractivity contribution is 7.89. The first-order valence-electron chi connectivity index (χ1n) is 11.0. The van der Waals surface area contributed by atoms with Crippen molar-refractivity contribution in [3.63, 3.8) is 0 Å². The van der Waals surface area contributed by atoms with E-state index < -0.39 is 16.1 Å². The number of amides is 1. The second-order valence-electron chi connectivity index (χ2n) is 8.39. The summed E-state index contributed by atoms with van der Waals surface area (Å²) in [5, 5.41) is 2.86. The highest BCUT2D eigenvalue weighted by Crippen LogP contribution is 2.25. The summed E-state index contributed by atoms with van der Waals surface area (Å²) >= 11 is 0. The monoisotopic (exact) mass is 475 g/mol. The predicted molar refractivity (Wildman–Crippen MR) is 128 cm³/mol. The van der Waals surface area contributed by atoms with Gasteiger partial charge in [-0.05, 0) is 62.7 Å². The number of ether oxygens (including phenoxy) is 2. The molecule has 1 aliphatic rings. The Morgan fingerprint density at radius 1 is 1.18 bits per heavy atom. The minimum absolute atomic E-state index is 0.160. The van der Waals surface area contributed by atoms with Crippen molar-refractivity contribution in [3.05, 3.63) is 53.1 Å². The molecule has 0 aromatic heterocycles. The topological polar surface area (TPSA) is 88.2 Å².